The lowest BCUT2D eigenvalue weighted by molar-refractivity contribution is -0.384. The van der Waals surface area contributed by atoms with Crippen molar-refractivity contribution in [2.75, 3.05) is 12.5 Å². The van der Waals surface area contributed by atoms with Gasteiger partial charge in [0.05, 0.1) is 17.6 Å². The molecule has 0 heterocycles. The van der Waals surface area contributed by atoms with E-state index in [0.717, 1.165) is 0 Å². The molecule has 1 rings (SSSR count). The van der Waals surface area contributed by atoms with Gasteiger partial charge in [-0.3, -0.25) is 16.0 Å². The summed E-state index contributed by atoms with van der Waals surface area (Å²) in [7, 11) is 1.18. The Hall–Kier alpha value is -2.15. The number of ether oxygens (including phenoxy) is 1. The minimum Gasteiger partial charge on any atom is -0.465 e. The van der Waals surface area contributed by atoms with Gasteiger partial charge in [0.2, 0.25) is 0 Å². The normalized spacial score (nSPS) is 9.47. The first kappa shape index (κ1) is 10.9. The number of para-hydroxylation sites is 1. The highest BCUT2D eigenvalue weighted by Crippen LogP contribution is 2.27. The van der Waals surface area contributed by atoms with Gasteiger partial charge in [0.25, 0.3) is 5.69 Å². The molecule has 7 heteroatoms. The van der Waals surface area contributed by atoms with E-state index in [1.807, 2.05) is 0 Å². The maximum atomic E-state index is 11.2. The number of hydrogen-bond acceptors (Lipinski definition) is 6. The number of anilines is 1. The second-order valence-electron chi connectivity index (χ2n) is 2.59. The average Bonchev–Trinajstić information content (AvgIpc) is 2.26. The molecule has 80 valence electrons. The molecule has 0 unspecified atom stereocenters. The summed E-state index contributed by atoms with van der Waals surface area (Å²) in [6.07, 6.45) is 0. The van der Waals surface area contributed by atoms with Crippen LogP contribution in [-0.2, 0) is 4.74 Å². The number of methoxy groups -OCH3 is 1. The number of nitrogens with zero attached hydrogens (tertiary/aromatic N) is 1. The van der Waals surface area contributed by atoms with Gasteiger partial charge >= 0.3 is 5.97 Å². The molecule has 1 aromatic carbocycles. The van der Waals surface area contributed by atoms with E-state index in [1.54, 1.807) is 0 Å². The second-order valence-corrected chi connectivity index (χ2v) is 2.59. The number of esters is 1. The zero-order chi connectivity index (χ0) is 11.4. The summed E-state index contributed by atoms with van der Waals surface area (Å²) in [5.41, 5.74) is 1.80. The van der Waals surface area contributed by atoms with Crippen molar-refractivity contribution in [1.82, 2.24) is 0 Å². The minimum absolute atomic E-state index is 0.0224. The predicted molar refractivity (Wildman–Crippen MR) is 52.2 cm³/mol. The van der Waals surface area contributed by atoms with Crippen LogP contribution in [-0.4, -0.2) is 18.0 Å². The number of nitro benzene ring substituents is 1. The molecule has 7 nitrogen and oxygen atoms in total. The monoisotopic (exact) mass is 211 g/mol. The van der Waals surface area contributed by atoms with Crippen LogP contribution in [0.4, 0.5) is 11.4 Å². The number of benzene rings is 1. The number of carbonyl (C=O) groups excluding carboxylic acids is 1. The van der Waals surface area contributed by atoms with Crippen molar-refractivity contribution in [3.63, 3.8) is 0 Å². The molecule has 0 fully saturated rings. The van der Waals surface area contributed by atoms with Gasteiger partial charge in [0.1, 0.15) is 5.69 Å². The number of nitro groups is 1. The van der Waals surface area contributed by atoms with Crippen LogP contribution < -0.4 is 11.3 Å². The third kappa shape index (κ3) is 2.02. The van der Waals surface area contributed by atoms with Gasteiger partial charge in [-0.2, -0.15) is 0 Å². The van der Waals surface area contributed by atoms with Crippen LogP contribution in [0.5, 0.6) is 0 Å². The van der Waals surface area contributed by atoms with E-state index in [-0.39, 0.29) is 16.9 Å². The van der Waals surface area contributed by atoms with Crippen LogP contribution in [0.25, 0.3) is 0 Å². The van der Waals surface area contributed by atoms with Crippen LogP contribution in [0.2, 0.25) is 0 Å². The summed E-state index contributed by atoms with van der Waals surface area (Å²) < 4.78 is 4.46. The summed E-state index contributed by atoms with van der Waals surface area (Å²) in [6.45, 7) is 0. The number of nitrogens with two attached hydrogens (primary N) is 1. The smallest absolute Gasteiger partial charge is 0.340 e. The number of nitrogen functional groups attached to an aromatic ring is 1. The Labute approximate surface area is 84.9 Å². The maximum Gasteiger partial charge on any atom is 0.340 e. The largest absolute Gasteiger partial charge is 0.465 e. The summed E-state index contributed by atoms with van der Waals surface area (Å²) >= 11 is 0. The Morgan fingerprint density at radius 1 is 1.60 bits per heavy atom. The highest BCUT2D eigenvalue weighted by molar-refractivity contribution is 5.97. The highest BCUT2D eigenvalue weighted by atomic mass is 16.6. The first-order valence-corrected chi connectivity index (χ1v) is 3.94. The topological polar surface area (TPSA) is 107 Å². The van der Waals surface area contributed by atoms with Crippen LogP contribution in [0.15, 0.2) is 18.2 Å². The van der Waals surface area contributed by atoms with Gasteiger partial charge in [-0.15, -0.1) is 0 Å². The minimum atomic E-state index is -0.688. The first-order valence-electron chi connectivity index (χ1n) is 3.94. The van der Waals surface area contributed by atoms with Crippen LogP contribution in [0.1, 0.15) is 10.4 Å². The molecular formula is C8H9N3O4. The zero-order valence-electron chi connectivity index (χ0n) is 7.89. The molecule has 0 saturated heterocycles. The molecule has 0 amide bonds. The summed E-state index contributed by atoms with van der Waals surface area (Å²) in [6, 6.07) is 4.00. The van der Waals surface area contributed by atoms with Gasteiger partial charge in [-0.05, 0) is 6.07 Å². The van der Waals surface area contributed by atoms with Crippen molar-refractivity contribution in [1.29, 1.82) is 0 Å². The SMILES string of the molecule is COC(=O)c1cccc([N+](=O)[O-])c1NN. The number of hydrogen-bond donors (Lipinski definition) is 2. The van der Waals surface area contributed by atoms with Gasteiger partial charge in [0, 0.05) is 6.07 Å². The Morgan fingerprint density at radius 3 is 2.73 bits per heavy atom. The van der Waals surface area contributed by atoms with Crippen LogP contribution >= 0.6 is 0 Å². The lowest BCUT2D eigenvalue weighted by atomic mass is 10.1. The van der Waals surface area contributed by atoms with Gasteiger partial charge in [0.15, 0.2) is 0 Å². The second kappa shape index (κ2) is 4.38. The van der Waals surface area contributed by atoms with Crippen molar-refractivity contribution in [3.05, 3.63) is 33.9 Å². The molecule has 0 aliphatic heterocycles. The molecule has 0 spiro atoms. The number of rotatable bonds is 3. The Bertz CT molecular complexity index is 405. The summed E-state index contributed by atoms with van der Waals surface area (Å²) in [4.78, 5) is 21.2. The van der Waals surface area contributed by atoms with E-state index < -0.39 is 10.9 Å². The van der Waals surface area contributed by atoms with Crippen molar-refractivity contribution in [2.45, 2.75) is 0 Å². The zero-order valence-corrected chi connectivity index (χ0v) is 7.89. The molecule has 0 radical (unpaired) electrons. The Morgan fingerprint density at radius 2 is 2.27 bits per heavy atom. The molecule has 3 N–H and O–H groups in total. The van der Waals surface area contributed by atoms with Crippen molar-refractivity contribution in [2.24, 2.45) is 5.84 Å². The number of carbonyl (C=O) groups is 1. The molecule has 15 heavy (non-hydrogen) atoms. The molecule has 0 saturated carbocycles. The molecule has 0 aromatic heterocycles. The predicted octanol–water partition coefficient (Wildman–Crippen LogP) is 0.667. The maximum absolute atomic E-state index is 11.2. The molecular weight excluding hydrogens is 202 g/mol. The number of hydrazine groups is 1. The molecule has 0 aliphatic rings. The lowest BCUT2D eigenvalue weighted by Gasteiger charge is -2.06. The standard InChI is InChI=1S/C8H9N3O4/c1-15-8(12)5-3-2-4-6(11(13)14)7(5)10-9/h2-4,10H,9H2,1H3. The third-order valence-corrected chi connectivity index (χ3v) is 1.79. The van der Waals surface area contributed by atoms with E-state index in [1.165, 1.54) is 25.3 Å². The van der Waals surface area contributed by atoms with Crippen LogP contribution in [0.3, 0.4) is 0 Å². The van der Waals surface area contributed by atoms with E-state index >= 15 is 0 Å². The van der Waals surface area contributed by atoms with Crippen LogP contribution in [0, 0.1) is 10.1 Å². The van der Waals surface area contributed by atoms with Crippen molar-refractivity contribution < 1.29 is 14.5 Å². The average molecular weight is 211 g/mol. The van der Waals surface area contributed by atoms with Gasteiger partial charge < -0.3 is 10.2 Å². The van der Waals surface area contributed by atoms with Gasteiger partial charge in [-0.25, -0.2) is 4.79 Å². The quantitative estimate of drug-likeness (QED) is 0.329. The Balaban J connectivity index is 3.34. The fraction of sp³-hybridized carbons (Fsp3) is 0.125. The van der Waals surface area contributed by atoms with Gasteiger partial charge in [-0.1, -0.05) is 6.07 Å². The van der Waals surface area contributed by atoms with E-state index in [4.69, 9.17) is 5.84 Å². The Kier molecular flexibility index (Phi) is 3.19. The van der Waals surface area contributed by atoms with E-state index in [0.29, 0.717) is 0 Å². The van der Waals surface area contributed by atoms with E-state index in [9.17, 15) is 14.9 Å². The highest BCUT2D eigenvalue weighted by Gasteiger charge is 2.20. The molecule has 0 atom stereocenters. The lowest BCUT2D eigenvalue weighted by Crippen LogP contribution is -2.14. The van der Waals surface area contributed by atoms with E-state index in [2.05, 4.69) is 10.2 Å². The third-order valence-electron chi connectivity index (χ3n) is 1.79. The fourth-order valence-electron chi connectivity index (χ4n) is 1.12. The molecule has 1 aromatic rings. The number of nitrogens with one attached hydrogen (secondary N) is 1. The summed E-state index contributed by atoms with van der Waals surface area (Å²) in [5, 5.41) is 10.6. The molecule has 0 bridgehead atoms. The van der Waals surface area contributed by atoms with Crippen molar-refractivity contribution >= 4 is 17.3 Å². The molecule has 0 aliphatic carbocycles. The first-order chi connectivity index (χ1) is 7.11. The van der Waals surface area contributed by atoms with Crippen molar-refractivity contribution in [3.8, 4) is 0 Å². The fourth-order valence-corrected chi connectivity index (χ4v) is 1.12. The summed E-state index contributed by atoms with van der Waals surface area (Å²) in [5.74, 6) is 4.43.